The predicted octanol–water partition coefficient (Wildman–Crippen LogP) is 2.75. The number of carbonyl (C=O) groups is 2. The highest BCUT2D eigenvalue weighted by atomic mass is 16.5. The molecule has 0 unspecified atom stereocenters. The van der Waals surface area contributed by atoms with E-state index in [1.54, 1.807) is 31.2 Å². The molecule has 128 valence electrons. The third-order valence-electron chi connectivity index (χ3n) is 4.15. The highest BCUT2D eigenvalue weighted by Gasteiger charge is 2.35. The van der Waals surface area contributed by atoms with Crippen LogP contribution in [0, 0.1) is 11.3 Å². The zero-order valence-corrected chi connectivity index (χ0v) is 14.1. The Bertz CT molecular complexity index is 645. The molecule has 1 aliphatic carbocycles. The van der Waals surface area contributed by atoms with Gasteiger partial charge in [0.15, 0.2) is 6.10 Å². The lowest BCUT2D eigenvalue weighted by atomic mass is 9.83. The maximum atomic E-state index is 12.4. The average Bonchev–Trinajstić information content (AvgIpc) is 2.57. The Morgan fingerprint density at radius 1 is 1.25 bits per heavy atom. The number of hydrogen-bond acceptors (Lipinski definition) is 4. The quantitative estimate of drug-likeness (QED) is 0.869. The van der Waals surface area contributed by atoms with Crippen molar-refractivity contribution in [1.82, 2.24) is 5.32 Å². The molecule has 0 saturated heterocycles. The molecule has 2 N–H and O–H groups in total. The summed E-state index contributed by atoms with van der Waals surface area (Å²) in [6.07, 6.45) is 3.54. The molecule has 2 rings (SSSR count). The summed E-state index contributed by atoms with van der Waals surface area (Å²) in [4.78, 5) is 23.7. The van der Waals surface area contributed by atoms with Crippen molar-refractivity contribution in [2.75, 3.05) is 5.32 Å². The summed E-state index contributed by atoms with van der Waals surface area (Å²) >= 11 is 0. The molecule has 1 aliphatic rings. The van der Waals surface area contributed by atoms with Crippen LogP contribution in [0.4, 0.5) is 5.69 Å². The van der Waals surface area contributed by atoms with Crippen LogP contribution in [0.5, 0.6) is 5.75 Å². The second-order valence-electron chi connectivity index (χ2n) is 6.18. The number of hydrogen-bond donors (Lipinski definition) is 2. The van der Waals surface area contributed by atoms with Crippen molar-refractivity contribution < 1.29 is 14.3 Å². The minimum absolute atomic E-state index is 0.214. The number of nitrogens with zero attached hydrogens (tertiary/aromatic N) is 1. The van der Waals surface area contributed by atoms with E-state index in [9.17, 15) is 14.9 Å². The van der Waals surface area contributed by atoms with Gasteiger partial charge < -0.3 is 15.4 Å². The molecule has 6 nitrogen and oxygen atoms in total. The zero-order chi connectivity index (χ0) is 17.6. The first-order chi connectivity index (χ1) is 11.5. The van der Waals surface area contributed by atoms with Crippen LogP contribution in [-0.2, 0) is 9.59 Å². The lowest BCUT2D eigenvalue weighted by Crippen LogP contribution is -2.52. The molecule has 1 fully saturated rings. The predicted molar refractivity (Wildman–Crippen MR) is 90.4 cm³/mol. The first-order valence-corrected chi connectivity index (χ1v) is 8.22. The van der Waals surface area contributed by atoms with Gasteiger partial charge >= 0.3 is 0 Å². The van der Waals surface area contributed by atoms with Crippen molar-refractivity contribution in [3.8, 4) is 11.8 Å². The van der Waals surface area contributed by atoms with E-state index < -0.39 is 11.6 Å². The van der Waals surface area contributed by atoms with Crippen molar-refractivity contribution in [2.45, 2.75) is 57.6 Å². The number of para-hydroxylation sites is 2. The van der Waals surface area contributed by atoms with Crippen molar-refractivity contribution in [2.24, 2.45) is 0 Å². The topological polar surface area (TPSA) is 91.2 Å². The summed E-state index contributed by atoms with van der Waals surface area (Å²) in [5.41, 5.74) is -0.276. The van der Waals surface area contributed by atoms with Gasteiger partial charge in [0.1, 0.15) is 11.3 Å². The van der Waals surface area contributed by atoms with Crippen LogP contribution in [0.1, 0.15) is 46.0 Å². The number of anilines is 1. The van der Waals surface area contributed by atoms with Crippen LogP contribution in [0.2, 0.25) is 0 Å². The van der Waals surface area contributed by atoms with E-state index >= 15 is 0 Å². The lowest BCUT2D eigenvalue weighted by molar-refractivity contribution is -0.129. The highest BCUT2D eigenvalue weighted by Crippen LogP contribution is 2.28. The normalized spacial score (nSPS) is 17.2. The van der Waals surface area contributed by atoms with E-state index in [4.69, 9.17) is 4.74 Å². The Kier molecular flexibility index (Phi) is 5.80. The SMILES string of the molecule is CC(=O)Nc1ccccc1O[C@@H](C)C(=O)NC1(C#N)CCCCC1. The summed E-state index contributed by atoms with van der Waals surface area (Å²) < 4.78 is 5.70. The van der Waals surface area contributed by atoms with Crippen LogP contribution >= 0.6 is 0 Å². The van der Waals surface area contributed by atoms with E-state index in [2.05, 4.69) is 16.7 Å². The molecule has 1 saturated carbocycles. The Morgan fingerprint density at radius 2 is 1.92 bits per heavy atom. The van der Waals surface area contributed by atoms with Gasteiger partial charge in [-0.15, -0.1) is 0 Å². The lowest BCUT2D eigenvalue weighted by Gasteiger charge is -2.32. The summed E-state index contributed by atoms with van der Waals surface area (Å²) in [6, 6.07) is 9.20. The first kappa shape index (κ1) is 17.8. The summed E-state index contributed by atoms with van der Waals surface area (Å²) in [7, 11) is 0. The van der Waals surface area contributed by atoms with Crippen molar-refractivity contribution in [3.05, 3.63) is 24.3 Å². The molecule has 0 bridgehead atoms. The Hall–Kier alpha value is -2.55. The Morgan fingerprint density at radius 3 is 2.54 bits per heavy atom. The molecule has 24 heavy (non-hydrogen) atoms. The number of amides is 2. The number of nitrogens with one attached hydrogen (secondary N) is 2. The molecule has 0 heterocycles. The van der Waals surface area contributed by atoms with Gasteiger partial charge in [0.25, 0.3) is 5.91 Å². The third-order valence-corrected chi connectivity index (χ3v) is 4.15. The molecule has 0 spiro atoms. The maximum absolute atomic E-state index is 12.4. The minimum atomic E-state index is -0.788. The van der Waals surface area contributed by atoms with Crippen molar-refractivity contribution in [3.63, 3.8) is 0 Å². The largest absolute Gasteiger partial charge is 0.479 e. The van der Waals surface area contributed by atoms with Gasteiger partial charge in [0, 0.05) is 6.92 Å². The van der Waals surface area contributed by atoms with Gasteiger partial charge in [0.2, 0.25) is 5.91 Å². The second kappa shape index (κ2) is 7.82. The molecule has 1 aromatic carbocycles. The molecule has 1 aromatic rings. The summed E-state index contributed by atoms with van der Waals surface area (Å²) in [5.74, 6) is -0.116. The van der Waals surface area contributed by atoms with Crippen LogP contribution in [-0.4, -0.2) is 23.5 Å². The fourth-order valence-corrected chi connectivity index (χ4v) is 2.86. The summed E-state index contributed by atoms with van der Waals surface area (Å²) in [5, 5.41) is 15.0. The van der Waals surface area contributed by atoms with E-state index in [-0.39, 0.29) is 11.8 Å². The van der Waals surface area contributed by atoms with Gasteiger partial charge in [-0.1, -0.05) is 31.4 Å². The van der Waals surface area contributed by atoms with E-state index in [0.29, 0.717) is 24.3 Å². The third kappa shape index (κ3) is 4.48. The van der Waals surface area contributed by atoms with Crippen molar-refractivity contribution in [1.29, 1.82) is 5.26 Å². The number of nitriles is 1. The van der Waals surface area contributed by atoms with Crippen molar-refractivity contribution >= 4 is 17.5 Å². The van der Waals surface area contributed by atoms with Gasteiger partial charge in [-0.2, -0.15) is 5.26 Å². The molecule has 0 aromatic heterocycles. The number of benzene rings is 1. The van der Waals surface area contributed by atoms with Crippen LogP contribution in [0.3, 0.4) is 0 Å². The van der Waals surface area contributed by atoms with E-state index in [0.717, 1.165) is 19.3 Å². The monoisotopic (exact) mass is 329 g/mol. The molecule has 0 radical (unpaired) electrons. The summed E-state index contributed by atoms with van der Waals surface area (Å²) in [6.45, 7) is 3.04. The molecular formula is C18H23N3O3. The maximum Gasteiger partial charge on any atom is 0.262 e. The molecule has 2 amide bonds. The first-order valence-electron chi connectivity index (χ1n) is 8.22. The zero-order valence-electron chi connectivity index (χ0n) is 14.1. The Labute approximate surface area is 142 Å². The van der Waals surface area contributed by atoms with Crippen LogP contribution in [0.15, 0.2) is 24.3 Å². The fraction of sp³-hybridized carbons (Fsp3) is 0.500. The minimum Gasteiger partial charge on any atom is -0.479 e. The molecular weight excluding hydrogens is 306 g/mol. The van der Waals surface area contributed by atoms with Gasteiger partial charge in [-0.3, -0.25) is 9.59 Å². The van der Waals surface area contributed by atoms with Crippen LogP contribution in [0.25, 0.3) is 0 Å². The average molecular weight is 329 g/mol. The smallest absolute Gasteiger partial charge is 0.262 e. The second-order valence-corrected chi connectivity index (χ2v) is 6.18. The highest BCUT2D eigenvalue weighted by molar-refractivity contribution is 5.90. The number of carbonyl (C=O) groups excluding carboxylic acids is 2. The standard InChI is InChI=1S/C18H23N3O3/c1-13(17(23)21-18(12-19)10-6-3-7-11-18)24-16-9-5-4-8-15(16)20-14(2)22/h4-5,8-9,13H,3,6-7,10-11H2,1-2H3,(H,20,22)(H,21,23)/t13-/m0/s1. The molecule has 1 atom stereocenters. The molecule has 6 heteroatoms. The fourth-order valence-electron chi connectivity index (χ4n) is 2.86. The van der Waals surface area contributed by atoms with Gasteiger partial charge in [-0.25, -0.2) is 0 Å². The van der Waals surface area contributed by atoms with E-state index in [1.165, 1.54) is 6.92 Å². The van der Waals surface area contributed by atoms with Crippen LogP contribution < -0.4 is 15.4 Å². The number of ether oxygens (including phenoxy) is 1. The van der Waals surface area contributed by atoms with Gasteiger partial charge in [-0.05, 0) is 31.9 Å². The van der Waals surface area contributed by atoms with E-state index in [1.807, 2.05) is 0 Å². The Balaban J connectivity index is 2.04. The number of rotatable bonds is 5. The molecule has 0 aliphatic heterocycles. The van der Waals surface area contributed by atoms with Gasteiger partial charge in [0.05, 0.1) is 11.8 Å².